The van der Waals surface area contributed by atoms with Crippen LogP contribution in [-0.2, 0) is 4.74 Å². The molecule has 100 valence electrons. The molecule has 3 nitrogen and oxygen atoms in total. The standard InChI is InChI=1S/C13H26N2OS/c1-10-8-11(2)17-12(15-10)14-9-13(3,4)6-7-16-5/h10-11H,6-9H2,1-5H3,(H,14,15). The highest BCUT2D eigenvalue weighted by molar-refractivity contribution is 8.14. The Labute approximate surface area is 110 Å². The summed E-state index contributed by atoms with van der Waals surface area (Å²) in [5.41, 5.74) is 0.217. The third kappa shape index (κ3) is 5.77. The van der Waals surface area contributed by atoms with Crippen LogP contribution in [-0.4, -0.2) is 36.7 Å². The molecule has 1 aliphatic heterocycles. The Kier molecular flexibility index (Phi) is 5.80. The van der Waals surface area contributed by atoms with E-state index < -0.39 is 0 Å². The molecule has 1 heterocycles. The summed E-state index contributed by atoms with van der Waals surface area (Å²) < 4.78 is 5.13. The Balaban J connectivity index is 2.46. The lowest BCUT2D eigenvalue weighted by molar-refractivity contribution is 0.155. The van der Waals surface area contributed by atoms with E-state index in [9.17, 15) is 0 Å². The molecule has 1 N–H and O–H groups in total. The lowest BCUT2D eigenvalue weighted by Crippen LogP contribution is -2.39. The van der Waals surface area contributed by atoms with Crippen LogP contribution in [0.5, 0.6) is 0 Å². The molecular formula is C13H26N2OS. The average molecular weight is 258 g/mol. The molecule has 0 aromatic carbocycles. The van der Waals surface area contributed by atoms with Gasteiger partial charge in [0.15, 0.2) is 5.17 Å². The Morgan fingerprint density at radius 1 is 1.47 bits per heavy atom. The van der Waals surface area contributed by atoms with Crippen LogP contribution in [0.2, 0.25) is 0 Å². The number of ether oxygens (including phenoxy) is 1. The molecule has 17 heavy (non-hydrogen) atoms. The van der Waals surface area contributed by atoms with Gasteiger partial charge in [-0.3, -0.25) is 4.99 Å². The topological polar surface area (TPSA) is 33.6 Å². The molecule has 0 saturated carbocycles. The fourth-order valence-electron chi connectivity index (χ4n) is 1.87. The van der Waals surface area contributed by atoms with Crippen molar-refractivity contribution in [2.45, 2.75) is 51.8 Å². The molecule has 0 aromatic heterocycles. The summed E-state index contributed by atoms with van der Waals surface area (Å²) in [6.07, 6.45) is 2.27. The van der Waals surface area contributed by atoms with Gasteiger partial charge in [-0.1, -0.05) is 32.5 Å². The van der Waals surface area contributed by atoms with Crippen LogP contribution < -0.4 is 5.32 Å². The normalized spacial score (nSPS) is 28.2. The molecule has 4 heteroatoms. The summed E-state index contributed by atoms with van der Waals surface area (Å²) in [6, 6.07) is 0.548. The van der Waals surface area contributed by atoms with Crippen molar-refractivity contribution >= 4 is 16.9 Å². The first-order valence-corrected chi connectivity index (χ1v) is 7.27. The fourth-order valence-corrected chi connectivity index (χ4v) is 3.04. The van der Waals surface area contributed by atoms with Crippen LogP contribution in [0.25, 0.3) is 0 Å². The van der Waals surface area contributed by atoms with Crippen molar-refractivity contribution in [1.82, 2.24) is 5.32 Å². The number of amidine groups is 1. The first-order chi connectivity index (χ1) is 7.93. The summed E-state index contributed by atoms with van der Waals surface area (Å²) in [5, 5.41) is 5.24. The lowest BCUT2D eigenvalue weighted by atomic mass is 9.90. The SMILES string of the molecule is COCCC(C)(C)CN=C1NC(C)CC(C)S1. The molecule has 2 atom stereocenters. The average Bonchev–Trinajstić information content (AvgIpc) is 2.23. The van der Waals surface area contributed by atoms with Gasteiger partial charge in [-0.15, -0.1) is 0 Å². The Morgan fingerprint density at radius 3 is 2.76 bits per heavy atom. The third-order valence-electron chi connectivity index (χ3n) is 3.00. The molecule has 1 saturated heterocycles. The summed E-state index contributed by atoms with van der Waals surface area (Å²) in [5.74, 6) is 0. The largest absolute Gasteiger partial charge is 0.385 e. The predicted molar refractivity (Wildman–Crippen MR) is 76.8 cm³/mol. The van der Waals surface area contributed by atoms with E-state index in [1.807, 2.05) is 11.8 Å². The van der Waals surface area contributed by atoms with Crippen molar-refractivity contribution in [1.29, 1.82) is 0 Å². The van der Waals surface area contributed by atoms with E-state index in [1.165, 1.54) is 6.42 Å². The number of hydrogen-bond donors (Lipinski definition) is 1. The molecule has 0 bridgehead atoms. The number of methoxy groups -OCH3 is 1. The quantitative estimate of drug-likeness (QED) is 0.823. The maximum absolute atomic E-state index is 5.13. The van der Waals surface area contributed by atoms with E-state index in [2.05, 4.69) is 33.0 Å². The number of aliphatic imine (C=N–C) groups is 1. The number of thioether (sulfide) groups is 1. The molecular weight excluding hydrogens is 232 g/mol. The predicted octanol–water partition coefficient (Wildman–Crippen LogP) is 2.91. The van der Waals surface area contributed by atoms with Gasteiger partial charge in [0, 0.05) is 31.6 Å². The summed E-state index contributed by atoms with van der Waals surface area (Å²) in [7, 11) is 1.75. The summed E-state index contributed by atoms with van der Waals surface area (Å²) in [4.78, 5) is 4.72. The molecule has 0 aromatic rings. The lowest BCUT2D eigenvalue weighted by Gasteiger charge is -2.28. The Morgan fingerprint density at radius 2 is 2.18 bits per heavy atom. The highest BCUT2D eigenvalue weighted by Crippen LogP contribution is 2.25. The van der Waals surface area contributed by atoms with E-state index in [4.69, 9.17) is 9.73 Å². The van der Waals surface area contributed by atoms with Gasteiger partial charge in [-0.05, 0) is 25.2 Å². The molecule has 0 spiro atoms. The molecule has 0 aliphatic carbocycles. The zero-order valence-electron chi connectivity index (χ0n) is 11.7. The zero-order valence-corrected chi connectivity index (χ0v) is 12.6. The number of hydrogen-bond acceptors (Lipinski definition) is 3. The van der Waals surface area contributed by atoms with Gasteiger partial charge < -0.3 is 10.1 Å². The smallest absolute Gasteiger partial charge is 0.157 e. The number of nitrogens with one attached hydrogen (secondary N) is 1. The monoisotopic (exact) mass is 258 g/mol. The van der Waals surface area contributed by atoms with Gasteiger partial charge in [0.1, 0.15) is 0 Å². The summed E-state index contributed by atoms with van der Waals surface area (Å²) in [6.45, 7) is 10.7. The van der Waals surface area contributed by atoms with Gasteiger partial charge in [0.25, 0.3) is 0 Å². The zero-order chi connectivity index (χ0) is 12.9. The molecule has 0 radical (unpaired) electrons. The van der Waals surface area contributed by atoms with Gasteiger partial charge in [0.2, 0.25) is 0 Å². The Hall–Kier alpha value is -0.220. The number of rotatable bonds is 5. The number of nitrogens with zero attached hydrogens (tertiary/aromatic N) is 1. The van der Waals surface area contributed by atoms with Crippen LogP contribution in [0.1, 0.15) is 40.5 Å². The van der Waals surface area contributed by atoms with E-state index in [1.54, 1.807) is 7.11 Å². The van der Waals surface area contributed by atoms with Crippen LogP contribution in [0.3, 0.4) is 0 Å². The van der Waals surface area contributed by atoms with Crippen molar-refractivity contribution in [3.05, 3.63) is 0 Å². The maximum atomic E-state index is 5.13. The molecule has 1 aliphatic rings. The Bertz CT molecular complexity index is 254. The first-order valence-electron chi connectivity index (χ1n) is 6.39. The second kappa shape index (κ2) is 6.64. The van der Waals surface area contributed by atoms with Crippen LogP contribution in [0.15, 0.2) is 4.99 Å². The van der Waals surface area contributed by atoms with Crippen molar-refractivity contribution in [2.24, 2.45) is 10.4 Å². The van der Waals surface area contributed by atoms with E-state index in [0.717, 1.165) is 24.7 Å². The van der Waals surface area contributed by atoms with Crippen molar-refractivity contribution in [3.8, 4) is 0 Å². The van der Waals surface area contributed by atoms with Crippen LogP contribution in [0.4, 0.5) is 0 Å². The summed E-state index contributed by atoms with van der Waals surface area (Å²) >= 11 is 1.86. The second-order valence-electron chi connectivity index (χ2n) is 5.74. The third-order valence-corrected chi connectivity index (χ3v) is 4.07. The van der Waals surface area contributed by atoms with E-state index in [-0.39, 0.29) is 5.41 Å². The minimum Gasteiger partial charge on any atom is -0.385 e. The van der Waals surface area contributed by atoms with Gasteiger partial charge in [-0.2, -0.15) is 0 Å². The van der Waals surface area contributed by atoms with Gasteiger partial charge >= 0.3 is 0 Å². The maximum Gasteiger partial charge on any atom is 0.157 e. The van der Waals surface area contributed by atoms with Crippen LogP contribution in [0, 0.1) is 5.41 Å². The van der Waals surface area contributed by atoms with Crippen molar-refractivity contribution < 1.29 is 4.74 Å². The molecule has 0 amide bonds. The first kappa shape index (κ1) is 14.8. The fraction of sp³-hybridized carbons (Fsp3) is 0.923. The van der Waals surface area contributed by atoms with Gasteiger partial charge in [-0.25, -0.2) is 0 Å². The van der Waals surface area contributed by atoms with Crippen molar-refractivity contribution in [2.75, 3.05) is 20.3 Å². The molecule has 2 unspecified atom stereocenters. The van der Waals surface area contributed by atoms with Crippen molar-refractivity contribution in [3.63, 3.8) is 0 Å². The second-order valence-corrected chi connectivity index (χ2v) is 7.17. The van der Waals surface area contributed by atoms with E-state index in [0.29, 0.717) is 11.3 Å². The molecule has 1 rings (SSSR count). The molecule has 1 fully saturated rings. The van der Waals surface area contributed by atoms with Gasteiger partial charge in [0.05, 0.1) is 0 Å². The highest BCUT2D eigenvalue weighted by atomic mass is 32.2. The highest BCUT2D eigenvalue weighted by Gasteiger charge is 2.22. The minimum atomic E-state index is 0.217. The van der Waals surface area contributed by atoms with E-state index >= 15 is 0 Å². The minimum absolute atomic E-state index is 0.217. The van der Waals surface area contributed by atoms with Crippen LogP contribution >= 0.6 is 11.8 Å².